The number of benzene rings is 2. The van der Waals surface area contributed by atoms with Gasteiger partial charge >= 0.3 is 30.1 Å². The summed E-state index contributed by atoms with van der Waals surface area (Å²) in [5, 5.41) is 18.8. The number of hydrogen-bond donors (Lipinski definition) is 5. The zero-order valence-electron chi connectivity index (χ0n) is 29.6. The quantitative estimate of drug-likeness (QED) is 0.188. The molecule has 6 N–H and O–H groups in total. The van der Waals surface area contributed by atoms with E-state index in [0.717, 1.165) is 43.2 Å². The summed E-state index contributed by atoms with van der Waals surface area (Å²) in [5.41, 5.74) is 5.73. The third-order valence-corrected chi connectivity index (χ3v) is 12.0. The molecular weight excluding hydrogens is 715 g/mol. The molecule has 0 unspecified atom stereocenters. The van der Waals surface area contributed by atoms with E-state index in [9.17, 15) is 37.5 Å². The topological polar surface area (TPSA) is 157 Å². The van der Waals surface area contributed by atoms with Crippen molar-refractivity contribution in [2.75, 3.05) is 63.4 Å². The molecule has 6 rings (SSSR count). The highest BCUT2D eigenvalue weighted by Crippen LogP contribution is 2.39. The van der Waals surface area contributed by atoms with Crippen molar-refractivity contribution >= 4 is 46.9 Å². The third kappa shape index (κ3) is 8.84. The highest BCUT2D eigenvalue weighted by atomic mass is 35.5. The number of likely N-dealkylation sites (tertiary alicyclic amines) is 2. The van der Waals surface area contributed by atoms with Crippen molar-refractivity contribution in [3.05, 3.63) is 58.1 Å². The molecule has 0 radical (unpaired) electrons. The first kappa shape index (κ1) is 38.6. The highest BCUT2D eigenvalue weighted by molar-refractivity contribution is 6.33. The number of carboxylic acids is 1. The molecule has 4 aliphatic heterocycles. The molecule has 2 aromatic carbocycles. The van der Waals surface area contributed by atoms with E-state index >= 15 is 0 Å². The van der Waals surface area contributed by atoms with Gasteiger partial charge in [0.1, 0.15) is 6.04 Å². The molecule has 1 atom stereocenters. The number of fused-ring (bicyclic) bond motifs is 1. The molecule has 3 fully saturated rings. The lowest BCUT2D eigenvalue weighted by Crippen LogP contribution is -2.66. The number of aliphatic carboxylic acids is 1. The maximum Gasteiger partial charge on any atom is 0.418 e. The number of quaternary nitrogens is 1. The predicted molar refractivity (Wildman–Crippen MR) is 193 cm³/mol. The Morgan fingerprint density at radius 3 is 2.32 bits per heavy atom. The van der Waals surface area contributed by atoms with Gasteiger partial charge in [-0.2, -0.15) is 13.2 Å². The summed E-state index contributed by atoms with van der Waals surface area (Å²) in [6, 6.07) is 7.42. The van der Waals surface area contributed by atoms with Crippen LogP contribution in [-0.2, 0) is 28.6 Å². The molecule has 5 amide bonds. The van der Waals surface area contributed by atoms with Crippen molar-refractivity contribution in [1.29, 1.82) is 0 Å². The average molecular weight is 763 g/mol. The van der Waals surface area contributed by atoms with Gasteiger partial charge in [-0.15, -0.1) is 0 Å². The van der Waals surface area contributed by atoms with Crippen LogP contribution in [0.25, 0.3) is 0 Å². The standard InChI is InChI=1S/C37H47ClF3N7O5/c38-29-20-23(19-28(33(29)42)37(39,40)41)21-31(34(51)48(22-32(49)50)17-10-25(11-18-48)24-5-12-43-13-6-24)45-35(52)46-14-8-27(9-15-46)47-16-7-26-3-1-2-4-30(26)44-36(47)53/h1-4,19-20,24-25,27,31,43H,5-18,21-22,42H2,(H2-,44,45,49,50,52,53)/p+1/t25?,31-,48?/m1/s1. The van der Waals surface area contributed by atoms with Crippen LogP contribution in [0.5, 0.6) is 0 Å². The van der Waals surface area contributed by atoms with Gasteiger partial charge in [-0.3, -0.25) is 0 Å². The molecule has 4 heterocycles. The summed E-state index contributed by atoms with van der Waals surface area (Å²) in [7, 11) is 0. The lowest BCUT2D eigenvalue weighted by molar-refractivity contribution is -0.854. The maximum atomic E-state index is 14.7. The second-order valence-electron chi connectivity index (χ2n) is 14.9. The zero-order valence-corrected chi connectivity index (χ0v) is 30.4. The molecule has 16 heteroatoms. The molecule has 0 saturated carbocycles. The number of halogens is 4. The number of nitrogen functional groups attached to an aromatic ring is 1. The molecular formula is C37H48ClF3N7O5+. The van der Waals surface area contributed by atoms with E-state index in [4.69, 9.17) is 17.3 Å². The van der Waals surface area contributed by atoms with Crippen molar-refractivity contribution in [1.82, 2.24) is 20.4 Å². The van der Waals surface area contributed by atoms with E-state index in [1.54, 1.807) is 4.90 Å². The summed E-state index contributed by atoms with van der Waals surface area (Å²) < 4.78 is 41.4. The second-order valence-corrected chi connectivity index (χ2v) is 15.3. The van der Waals surface area contributed by atoms with Gasteiger partial charge < -0.3 is 36.6 Å². The Balaban J connectivity index is 1.20. The molecule has 4 aliphatic rings. The van der Waals surface area contributed by atoms with Gasteiger partial charge in [0.15, 0.2) is 6.54 Å². The normalized spacial score (nSPS) is 23.8. The van der Waals surface area contributed by atoms with E-state index in [2.05, 4.69) is 16.0 Å². The lowest BCUT2D eigenvalue weighted by atomic mass is 9.78. The monoisotopic (exact) mass is 762 g/mol. The minimum atomic E-state index is -4.82. The third-order valence-electron chi connectivity index (χ3n) is 11.7. The Hall–Kier alpha value is -4.08. The van der Waals surface area contributed by atoms with E-state index < -0.39 is 52.4 Å². The number of nitrogens with one attached hydrogen (secondary N) is 3. The molecule has 2 aromatic rings. The van der Waals surface area contributed by atoms with Crippen LogP contribution in [0.1, 0.15) is 55.2 Å². The number of urea groups is 2. The molecule has 0 bridgehead atoms. The maximum absolute atomic E-state index is 14.7. The van der Waals surface area contributed by atoms with Gasteiger partial charge in [-0.1, -0.05) is 29.8 Å². The van der Waals surface area contributed by atoms with Crippen LogP contribution in [0, 0.1) is 11.8 Å². The van der Waals surface area contributed by atoms with Crippen LogP contribution < -0.4 is 21.7 Å². The summed E-state index contributed by atoms with van der Waals surface area (Å²) >= 11 is 6.15. The first-order valence-electron chi connectivity index (χ1n) is 18.4. The molecule has 3 saturated heterocycles. The number of nitrogens with zero attached hydrogens (tertiary/aromatic N) is 3. The first-order chi connectivity index (χ1) is 25.2. The molecule has 0 aromatic heterocycles. The fourth-order valence-electron chi connectivity index (χ4n) is 8.74. The number of hydrogen-bond acceptors (Lipinski definition) is 6. The van der Waals surface area contributed by atoms with Gasteiger partial charge in [0.25, 0.3) is 0 Å². The Morgan fingerprint density at radius 2 is 1.66 bits per heavy atom. The van der Waals surface area contributed by atoms with Crippen molar-refractivity contribution in [3.8, 4) is 0 Å². The molecule has 0 spiro atoms. The van der Waals surface area contributed by atoms with Crippen LogP contribution in [0.3, 0.4) is 0 Å². The second kappa shape index (κ2) is 16.1. The van der Waals surface area contributed by atoms with Crippen LogP contribution in [0.15, 0.2) is 36.4 Å². The van der Waals surface area contributed by atoms with Gasteiger partial charge in [-0.25, -0.2) is 23.7 Å². The van der Waals surface area contributed by atoms with Gasteiger partial charge in [0.05, 0.1) is 29.4 Å². The van der Waals surface area contributed by atoms with E-state index in [0.29, 0.717) is 50.5 Å². The summed E-state index contributed by atoms with van der Waals surface area (Å²) in [6.45, 7) is 2.86. The summed E-state index contributed by atoms with van der Waals surface area (Å²) in [4.78, 5) is 57.2. The summed E-state index contributed by atoms with van der Waals surface area (Å²) in [5.74, 6) is -0.960. The highest BCUT2D eigenvalue weighted by Gasteiger charge is 2.48. The van der Waals surface area contributed by atoms with Crippen molar-refractivity contribution < 1.29 is 41.9 Å². The van der Waals surface area contributed by atoms with E-state index in [-0.39, 0.29) is 55.3 Å². The predicted octanol–water partition coefficient (Wildman–Crippen LogP) is 4.95. The van der Waals surface area contributed by atoms with Crippen LogP contribution in [0.4, 0.5) is 34.1 Å². The molecule has 288 valence electrons. The smallest absolute Gasteiger partial charge is 0.418 e. The number of carbonyl (C=O) groups is 4. The zero-order chi connectivity index (χ0) is 37.9. The molecule has 53 heavy (non-hydrogen) atoms. The minimum Gasteiger partial charge on any atom is -0.477 e. The Kier molecular flexibility index (Phi) is 11.7. The first-order valence-corrected chi connectivity index (χ1v) is 18.8. The van der Waals surface area contributed by atoms with Crippen LogP contribution >= 0.6 is 11.6 Å². The number of piperidine rings is 3. The number of alkyl halides is 3. The lowest BCUT2D eigenvalue weighted by Gasteiger charge is -2.44. The van der Waals surface area contributed by atoms with Gasteiger partial charge in [0, 0.05) is 50.6 Å². The fraction of sp³-hybridized carbons (Fsp3) is 0.568. The largest absolute Gasteiger partial charge is 0.477 e. The number of carbonyl (C=O) groups excluding carboxylic acids is 3. The van der Waals surface area contributed by atoms with Crippen molar-refractivity contribution in [2.24, 2.45) is 11.8 Å². The van der Waals surface area contributed by atoms with E-state index in [1.165, 1.54) is 11.0 Å². The minimum absolute atomic E-state index is 0.0279. The fourth-order valence-corrected chi connectivity index (χ4v) is 8.98. The number of rotatable bonds is 8. The Labute approximate surface area is 311 Å². The number of nitrogens with two attached hydrogens (primary N) is 1. The number of carboxylic acid groups (broad SMARTS) is 1. The van der Waals surface area contributed by atoms with Crippen molar-refractivity contribution in [3.63, 3.8) is 0 Å². The van der Waals surface area contributed by atoms with Gasteiger partial charge in [0.2, 0.25) is 0 Å². The van der Waals surface area contributed by atoms with Crippen LogP contribution in [-0.4, -0.2) is 108 Å². The molecule has 0 aliphatic carbocycles. The van der Waals surface area contributed by atoms with Crippen molar-refractivity contribution in [2.45, 2.75) is 69.6 Å². The average Bonchev–Trinajstić information content (AvgIpc) is 3.30. The van der Waals surface area contributed by atoms with Crippen LogP contribution in [0.2, 0.25) is 5.02 Å². The Bertz CT molecular complexity index is 1690. The number of anilines is 2. The molecule has 12 nitrogen and oxygen atoms in total. The number of para-hydroxylation sites is 1. The van der Waals surface area contributed by atoms with Gasteiger partial charge in [-0.05, 0) is 86.4 Å². The number of amides is 5. The summed E-state index contributed by atoms with van der Waals surface area (Å²) in [6.07, 6.45) is -0.277. The Morgan fingerprint density at radius 1 is 1.00 bits per heavy atom. The van der Waals surface area contributed by atoms with E-state index in [1.807, 2.05) is 24.3 Å². The SMILES string of the molecule is Nc1c(Cl)cc(C[C@@H](NC(=O)N2CCC(N3CCc4ccccc4NC3=O)CC2)C(=O)[N+]2(CC(=O)O)CCC(C3CCNCC3)CC2)cc1C(F)(F)F.